The molecular formula is C19H15FN4O. The number of aryl methyl sites for hydroxylation is 1. The molecule has 0 aliphatic rings. The van der Waals surface area contributed by atoms with E-state index in [0.717, 1.165) is 22.4 Å². The van der Waals surface area contributed by atoms with E-state index in [0.29, 0.717) is 18.3 Å². The Bertz CT molecular complexity index is 1030. The van der Waals surface area contributed by atoms with Crippen LogP contribution in [0.2, 0.25) is 0 Å². The zero-order valence-corrected chi connectivity index (χ0v) is 13.6. The van der Waals surface area contributed by atoms with Gasteiger partial charge in [0, 0.05) is 36.4 Å². The van der Waals surface area contributed by atoms with Crippen LogP contribution in [0.5, 0.6) is 5.88 Å². The molecule has 4 rings (SSSR count). The van der Waals surface area contributed by atoms with Crippen molar-refractivity contribution < 1.29 is 9.13 Å². The minimum absolute atomic E-state index is 0.244. The van der Waals surface area contributed by atoms with E-state index in [1.165, 1.54) is 12.1 Å². The number of imidazole rings is 1. The molecule has 0 saturated heterocycles. The third-order valence-corrected chi connectivity index (χ3v) is 3.87. The number of hydrogen-bond donors (Lipinski definition) is 0. The van der Waals surface area contributed by atoms with Crippen LogP contribution in [0.1, 0.15) is 11.3 Å². The Hall–Kier alpha value is -3.28. The molecule has 0 saturated carbocycles. The predicted octanol–water partition coefficient (Wildman–Crippen LogP) is 3.82. The van der Waals surface area contributed by atoms with E-state index in [4.69, 9.17) is 4.74 Å². The largest absolute Gasteiger partial charge is 0.471 e. The number of fused-ring (bicyclic) bond motifs is 1. The van der Waals surface area contributed by atoms with Crippen molar-refractivity contribution in [2.75, 3.05) is 0 Å². The fraction of sp³-hybridized carbons (Fsp3) is 0.105. The van der Waals surface area contributed by atoms with Gasteiger partial charge in [-0.1, -0.05) is 12.1 Å². The monoisotopic (exact) mass is 334 g/mol. The van der Waals surface area contributed by atoms with Gasteiger partial charge in [0.05, 0.1) is 5.69 Å². The third kappa shape index (κ3) is 3.19. The van der Waals surface area contributed by atoms with Crippen LogP contribution >= 0.6 is 0 Å². The average molecular weight is 334 g/mol. The van der Waals surface area contributed by atoms with E-state index in [-0.39, 0.29) is 5.82 Å². The molecule has 0 aliphatic carbocycles. The normalized spacial score (nSPS) is 11.0. The Balaban J connectivity index is 1.61. The summed E-state index contributed by atoms with van der Waals surface area (Å²) in [7, 11) is 0. The first kappa shape index (κ1) is 15.3. The van der Waals surface area contributed by atoms with Gasteiger partial charge in [-0.05, 0) is 36.2 Å². The van der Waals surface area contributed by atoms with E-state index < -0.39 is 0 Å². The van der Waals surface area contributed by atoms with Gasteiger partial charge >= 0.3 is 0 Å². The van der Waals surface area contributed by atoms with Gasteiger partial charge in [-0.2, -0.15) is 0 Å². The molecule has 0 spiro atoms. The zero-order valence-electron chi connectivity index (χ0n) is 13.6. The van der Waals surface area contributed by atoms with Crippen molar-refractivity contribution in [2.24, 2.45) is 0 Å². The van der Waals surface area contributed by atoms with Crippen LogP contribution in [0.25, 0.3) is 16.9 Å². The van der Waals surface area contributed by atoms with Gasteiger partial charge in [-0.15, -0.1) is 0 Å². The Morgan fingerprint density at radius 2 is 2.04 bits per heavy atom. The second-order valence-corrected chi connectivity index (χ2v) is 5.70. The van der Waals surface area contributed by atoms with Crippen molar-refractivity contribution in [3.63, 3.8) is 0 Å². The molecule has 0 amide bonds. The summed E-state index contributed by atoms with van der Waals surface area (Å²) in [5, 5.41) is 0. The minimum atomic E-state index is -0.244. The fourth-order valence-electron chi connectivity index (χ4n) is 2.67. The number of hydrogen-bond acceptors (Lipinski definition) is 4. The summed E-state index contributed by atoms with van der Waals surface area (Å²) in [4.78, 5) is 12.9. The maximum absolute atomic E-state index is 13.3. The number of rotatable bonds is 4. The molecule has 0 aliphatic heterocycles. The van der Waals surface area contributed by atoms with Gasteiger partial charge in [0.15, 0.2) is 0 Å². The molecule has 124 valence electrons. The summed E-state index contributed by atoms with van der Waals surface area (Å²) in [6.45, 7) is 2.19. The molecule has 0 fully saturated rings. The topological polar surface area (TPSA) is 52.3 Å². The number of benzene rings is 1. The molecule has 0 bridgehead atoms. The van der Waals surface area contributed by atoms with Crippen LogP contribution in [-0.4, -0.2) is 19.4 Å². The Morgan fingerprint density at radius 3 is 2.84 bits per heavy atom. The van der Waals surface area contributed by atoms with Crippen molar-refractivity contribution in [1.29, 1.82) is 0 Å². The Labute approximate surface area is 143 Å². The summed E-state index contributed by atoms with van der Waals surface area (Å²) < 4.78 is 20.7. The zero-order chi connectivity index (χ0) is 17.2. The van der Waals surface area contributed by atoms with Crippen LogP contribution in [0.4, 0.5) is 4.39 Å². The third-order valence-electron chi connectivity index (χ3n) is 3.87. The molecule has 3 aromatic heterocycles. The molecule has 0 N–H and O–H groups in total. The lowest BCUT2D eigenvalue weighted by Gasteiger charge is -2.06. The van der Waals surface area contributed by atoms with E-state index in [1.54, 1.807) is 24.5 Å². The van der Waals surface area contributed by atoms with Crippen molar-refractivity contribution in [3.8, 4) is 17.0 Å². The van der Waals surface area contributed by atoms with E-state index >= 15 is 0 Å². The van der Waals surface area contributed by atoms with Crippen LogP contribution in [0, 0.1) is 12.7 Å². The highest BCUT2D eigenvalue weighted by Gasteiger charge is 2.08. The van der Waals surface area contributed by atoms with Crippen molar-refractivity contribution in [2.45, 2.75) is 13.5 Å². The summed E-state index contributed by atoms with van der Waals surface area (Å²) in [6.07, 6.45) is 7.22. The quantitative estimate of drug-likeness (QED) is 0.569. The molecular weight excluding hydrogens is 319 g/mol. The van der Waals surface area contributed by atoms with Crippen LogP contribution in [-0.2, 0) is 6.61 Å². The first-order valence-corrected chi connectivity index (χ1v) is 7.83. The molecule has 0 radical (unpaired) electrons. The van der Waals surface area contributed by atoms with Crippen molar-refractivity contribution in [3.05, 3.63) is 78.3 Å². The standard InChI is InChI=1S/C19H15FN4O/c1-13-8-15(20)5-6-17(13)14-9-22-19-23-16(11-24(19)10-14)12-25-18-4-2-3-7-21-18/h2-11H,12H2,1H3. The number of ether oxygens (including phenoxy) is 1. The van der Waals surface area contributed by atoms with E-state index in [1.807, 2.05) is 35.9 Å². The molecule has 3 heterocycles. The second-order valence-electron chi connectivity index (χ2n) is 5.70. The predicted molar refractivity (Wildman–Crippen MR) is 91.7 cm³/mol. The summed E-state index contributed by atoms with van der Waals surface area (Å²) in [6, 6.07) is 10.2. The minimum Gasteiger partial charge on any atom is -0.471 e. The smallest absolute Gasteiger partial charge is 0.234 e. The van der Waals surface area contributed by atoms with Gasteiger partial charge in [0.1, 0.15) is 12.4 Å². The van der Waals surface area contributed by atoms with Crippen LogP contribution < -0.4 is 4.74 Å². The van der Waals surface area contributed by atoms with E-state index in [9.17, 15) is 4.39 Å². The SMILES string of the molecule is Cc1cc(F)ccc1-c1cnc2nc(COc3ccccn3)cn2c1. The highest BCUT2D eigenvalue weighted by Crippen LogP contribution is 2.23. The number of halogens is 1. The molecule has 25 heavy (non-hydrogen) atoms. The van der Waals surface area contributed by atoms with Gasteiger partial charge in [-0.3, -0.25) is 4.40 Å². The molecule has 5 nitrogen and oxygen atoms in total. The summed E-state index contributed by atoms with van der Waals surface area (Å²) >= 11 is 0. The lowest BCUT2D eigenvalue weighted by Crippen LogP contribution is -1.96. The molecule has 0 atom stereocenters. The number of aromatic nitrogens is 4. The maximum atomic E-state index is 13.3. The Morgan fingerprint density at radius 1 is 1.12 bits per heavy atom. The highest BCUT2D eigenvalue weighted by molar-refractivity contribution is 5.66. The summed E-state index contributed by atoms with van der Waals surface area (Å²) in [5.41, 5.74) is 3.46. The molecule has 4 aromatic rings. The molecule has 0 unspecified atom stereocenters. The number of pyridine rings is 1. The Kier molecular flexibility index (Phi) is 3.85. The summed E-state index contributed by atoms with van der Waals surface area (Å²) in [5.74, 6) is 0.894. The van der Waals surface area contributed by atoms with Crippen LogP contribution in [0.15, 0.2) is 61.2 Å². The lowest BCUT2D eigenvalue weighted by atomic mass is 10.0. The molecule has 6 heteroatoms. The van der Waals surface area contributed by atoms with Gasteiger partial charge < -0.3 is 4.74 Å². The lowest BCUT2D eigenvalue weighted by molar-refractivity contribution is 0.290. The van der Waals surface area contributed by atoms with Gasteiger partial charge in [-0.25, -0.2) is 19.3 Å². The fourth-order valence-corrected chi connectivity index (χ4v) is 2.67. The first-order valence-electron chi connectivity index (χ1n) is 7.83. The molecule has 1 aromatic carbocycles. The second kappa shape index (κ2) is 6.32. The first-order chi connectivity index (χ1) is 12.2. The van der Waals surface area contributed by atoms with Crippen molar-refractivity contribution in [1.82, 2.24) is 19.4 Å². The average Bonchev–Trinajstić information content (AvgIpc) is 3.03. The number of nitrogens with zero attached hydrogens (tertiary/aromatic N) is 4. The van der Waals surface area contributed by atoms with Gasteiger partial charge in [0.25, 0.3) is 0 Å². The van der Waals surface area contributed by atoms with Crippen LogP contribution in [0.3, 0.4) is 0 Å². The highest BCUT2D eigenvalue weighted by atomic mass is 19.1. The van der Waals surface area contributed by atoms with Gasteiger partial charge in [0.2, 0.25) is 11.7 Å². The van der Waals surface area contributed by atoms with Crippen molar-refractivity contribution >= 4 is 5.78 Å². The van der Waals surface area contributed by atoms with E-state index in [2.05, 4.69) is 15.0 Å². The maximum Gasteiger partial charge on any atom is 0.234 e.